The van der Waals surface area contributed by atoms with E-state index in [-0.39, 0.29) is 17.9 Å². The van der Waals surface area contributed by atoms with Gasteiger partial charge in [-0.05, 0) is 51.2 Å². The van der Waals surface area contributed by atoms with Crippen LogP contribution < -0.4 is 5.32 Å². The molecule has 2 rings (SSSR count). The molecule has 138 valence electrons. The zero-order valence-corrected chi connectivity index (χ0v) is 16.0. The second-order valence-electron chi connectivity index (χ2n) is 8.00. The summed E-state index contributed by atoms with van der Waals surface area (Å²) in [6.45, 7) is 10.8. The lowest BCUT2D eigenvalue weighted by molar-refractivity contribution is -0.121. The van der Waals surface area contributed by atoms with Crippen molar-refractivity contribution in [3.8, 4) is 0 Å². The summed E-state index contributed by atoms with van der Waals surface area (Å²) in [5.74, 6) is 0.101. The highest BCUT2D eigenvalue weighted by molar-refractivity contribution is 5.93. The van der Waals surface area contributed by atoms with Gasteiger partial charge in [-0.2, -0.15) is 0 Å². The Hall–Kier alpha value is -2.04. The molecular formula is C20H30N2O3. The maximum atomic E-state index is 12.7. The Bertz CT molecular complexity index is 620. The molecule has 0 bridgehead atoms. The fourth-order valence-electron chi connectivity index (χ4n) is 3.03. The molecule has 1 saturated heterocycles. The van der Waals surface area contributed by atoms with Crippen molar-refractivity contribution in [2.24, 2.45) is 5.92 Å². The summed E-state index contributed by atoms with van der Waals surface area (Å²) < 4.78 is 5.43. The molecule has 5 nitrogen and oxygen atoms in total. The van der Waals surface area contributed by atoms with Gasteiger partial charge in [-0.25, -0.2) is 4.79 Å². The molecule has 0 radical (unpaired) electrons. The van der Waals surface area contributed by atoms with Crippen LogP contribution in [0.15, 0.2) is 24.3 Å². The maximum absolute atomic E-state index is 12.7. The molecule has 0 aliphatic carbocycles. The number of nitrogens with one attached hydrogen (secondary N) is 1. The van der Waals surface area contributed by atoms with Gasteiger partial charge in [0.15, 0.2) is 0 Å². The first-order valence-electron chi connectivity index (χ1n) is 9.05. The lowest BCUT2D eigenvalue weighted by atomic mass is 9.96. The predicted molar refractivity (Wildman–Crippen MR) is 99.7 cm³/mol. The maximum Gasteiger partial charge on any atom is 0.410 e. The van der Waals surface area contributed by atoms with Crippen molar-refractivity contribution in [3.05, 3.63) is 29.8 Å². The van der Waals surface area contributed by atoms with Crippen LogP contribution in [0.3, 0.4) is 0 Å². The van der Waals surface area contributed by atoms with E-state index in [2.05, 4.69) is 19.2 Å². The lowest BCUT2D eigenvalue weighted by Crippen LogP contribution is -2.45. The Morgan fingerprint density at radius 3 is 2.56 bits per heavy atom. The number of hydrogen-bond donors (Lipinski definition) is 1. The largest absolute Gasteiger partial charge is 0.444 e. The second-order valence-corrected chi connectivity index (χ2v) is 8.00. The predicted octanol–water partition coefficient (Wildman–Crippen LogP) is 4.40. The van der Waals surface area contributed by atoms with E-state index >= 15 is 0 Å². The van der Waals surface area contributed by atoms with Crippen LogP contribution in [0, 0.1) is 5.92 Å². The second kappa shape index (κ2) is 7.89. The minimum absolute atomic E-state index is 0.0265. The number of benzene rings is 1. The van der Waals surface area contributed by atoms with Crippen LogP contribution in [-0.2, 0) is 9.53 Å². The van der Waals surface area contributed by atoms with Crippen molar-refractivity contribution >= 4 is 17.7 Å². The summed E-state index contributed by atoms with van der Waals surface area (Å²) in [6.07, 6.45) is 1.26. The number of likely N-dealkylation sites (tertiary alicyclic amines) is 1. The minimum Gasteiger partial charge on any atom is -0.444 e. The monoisotopic (exact) mass is 346 g/mol. The number of ether oxygens (including phenoxy) is 1. The molecule has 1 unspecified atom stereocenters. The van der Waals surface area contributed by atoms with E-state index in [4.69, 9.17) is 4.74 Å². The molecular weight excluding hydrogens is 316 g/mol. The third-order valence-electron chi connectivity index (χ3n) is 4.28. The minimum atomic E-state index is -0.525. The van der Waals surface area contributed by atoms with Gasteiger partial charge >= 0.3 is 6.09 Å². The third kappa shape index (κ3) is 5.48. The molecule has 0 spiro atoms. The fraction of sp³-hybridized carbons (Fsp3) is 0.600. The SMILES string of the molecule is CC(C)c1ccccc1NC(=O)C1CCCN(C(=O)OC(C)(C)C)C1. The number of rotatable bonds is 3. The highest BCUT2D eigenvalue weighted by Crippen LogP contribution is 2.26. The molecule has 1 aliphatic rings. The molecule has 25 heavy (non-hydrogen) atoms. The van der Waals surface area contributed by atoms with Gasteiger partial charge in [-0.1, -0.05) is 32.0 Å². The van der Waals surface area contributed by atoms with Crippen molar-refractivity contribution in [2.75, 3.05) is 18.4 Å². The first kappa shape index (κ1) is 19.3. The molecule has 1 fully saturated rings. The number of piperidine rings is 1. The smallest absolute Gasteiger partial charge is 0.410 e. The number of anilines is 1. The Kier molecular flexibility index (Phi) is 6.09. The molecule has 2 amide bonds. The van der Waals surface area contributed by atoms with Crippen molar-refractivity contribution in [3.63, 3.8) is 0 Å². The van der Waals surface area contributed by atoms with Crippen LogP contribution >= 0.6 is 0 Å². The Labute approximate surface area is 150 Å². The van der Waals surface area contributed by atoms with E-state index in [0.29, 0.717) is 19.0 Å². The van der Waals surface area contributed by atoms with E-state index < -0.39 is 5.60 Å². The molecule has 1 aromatic carbocycles. The van der Waals surface area contributed by atoms with Crippen LogP contribution in [-0.4, -0.2) is 35.6 Å². The van der Waals surface area contributed by atoms with Gasteiger partial charge in [-0.3, -0.25) is 4.79 Å². The van der Waals surface area contributed by atoms with Crippen molar-refractivity contribution < 1.29 is 14.3 Å². The van der Waals surface area contributed by atoms with Crippen molar-refractivity contribution in [1.82, 2.24) is 4.90 Å². The molecule has 0 saturated carbocycles. The average Bonchev–Trinajstić information content (AvgIpc) is 2.53. The van der Waals surface area contributed by atoms with E-state index in [1.54, 1.807) is 4.90 Å². The number of carbonyl (C=O) groups excluding carboxylic acids is 2. The van der Waals surface area contributed by atoms with Gasteiger partial charge < -0.3 is 15.0 Å². The standard InChI is InChI=1S/C20H30N2O3/c1-14(2)16-10-6-7-11-17(16)21-18(23)15-9-8-12-22(13-15)19(24)25-20(3,4)5/h6-7,10-11,14-15H,8-9,12-13H2,1-5H3,(H,21,23). The van der Waals surface area contributed by atoms with Gasteiger partial charge in [-0.15, -0.1) is 0 Å². The third-order valence-corrected chi connectivity index (χ3v) is 4.28. The van der Waals surface area contributed by atoms with Gasteiger partial charge in [0.1, 0.15) is 5.60 Å². The Morgan fingerprint density at radius 1 is 1.24 bits per heavy atom. The highest BCUT2D eigenvalue weighted by atomic mass is 16.6. The molecule has 5 heteroatoms. The summed E-state index contributed by atoms with van der Waals surface area (Å²) in [7, 11) is 0. The van der Waals surface area contributed by atoms with Gasteiger partial charge in [0.2, 0.25) is 5.91 Å². The molecule has 0 aromatic heterocycles. The van der Waals surface area contributed by atoms with Crippen LogP contribution in [0.2, 0.25) is 0 Å². The van der Waals surface area contributed by atoms with E-state index in [0.717, 1.165) is 24.1 Å². The van der Waals surface area contributed by atoms with Gasteiger partial charge in [0.25, 0.3) is 0 Å². The topological polar surface area (TPSA) is 58.6 Å². The first-order chi connectivity index (χ1) is 11.7. The summed E-state index contributed by atoms with van der Waals surface area (Å²) in [4.78, 5) is 26.6. The number of amides is 2. The van der Waals surface area contributed by atoms with Crippen LogP contribution in [0.4, 0.5) is 10.5 Å². The summed E-state index contributed by atoms with van der Waals surface area (Å²) in [6, 6.07) is 7.88. The number of para-hydroxylation sites is 1. The molecule has 1 N–H and O–H groups in total. The number of carbonyl (C=O) groups is 2. The van der Waals surface area contributed by atoms with Crippen molar-refractivity contribution in [2.45, 2.75) is 59.0 Å². The number of hydrogen-bond acceptors (Lipinski definition) is 3. The zero-order valence-electron chi connectivity index (χ0n) is 16.0. The fourth-order valence-corrected chi connectivity index (χ4v) is 3.03. The van der Waals surface area contributed by atoms with E-state index in [1.807, 2.05) is 45.0 Å². The molecule has 1 aliphatic heterocycles. The number of nitrogens with zero attached hydrogens (tertiary/aromatic N) is 1. The quantitative estimate of drug-likeness (QED) is 0.883. The van der Waals surface area contributed by atoms with Crippen LogP contribution in [0.25, 0.3) is 0 Å². The van der Waals surface area contributed by atoms with Gasteiger partial charge in [0, 0.05) is 18.8 Å². The van der Waals surface area contributed by atoms with Crippen molar-refractivity contribution in [1.29, 1.82) is 0 Å². The highest BCUT2D eigenvalue weighted by Gasteiger charge is 2.31. The first-order valence-corrected chi connectivity index (χ1v) is 9.05. The average molecular weight is 346 g/mol. The lowest BCUT2D eigenvalue weighted by Gasteiger charge is -2.33. The summed E-state index contributed by atoms with van der Waals surface area (Å²) >= 11 is 0. The van der Waals surface area contributed by atoms with Gasteiger partial charge in [0.05, 0.1) is 5.92 Å². The molecule has 1 atom stereocenters. The molecule has 1 aromatic rings. The van der Waals surface area contributed by atoms with E-state index in [9.17, 15) is 9.59 Å². The van der Waals surface area contributed by atoms with E-state index in [1.165, 1.54) is 0 Å². The summed E-state index contributed by atoms with van der Waals surface area (Å²) in [5, 5.41) is 3.05. The normalized spacial score (nSPS) is 18.2. The Morgan fingerprint density at radius 2 is 1.92 bits per heavy atom. The molecule has 1 heterocycles. The Balaban J connectivity index is 2.02. The summed E-state index contributed by atoms with van der Waals surface area (Å²) in [5.41, 5.74) is 1.45. The zero-order chi connectivity index (χ0) is 18.6. The van der Waals surface area contributed by atoms with Crippen LogP contribution in [0.5, 0.6) is 0 Å². The van der Waals surface area contributed by atoms with Crippen LogP contribution in [0.1, 0.15) is 58.9 Å².